The lowest BCUT2D eigenvalue weighted by atomic mass is 10.0. The van der Waals surface area contributed by atoms with Gasteiger partial charge in [-0.05, 0) is 25.0 Å². The van der Waals surface area contributed by atoms with Gasteiger partial charge in [0.05, 0.1) is 6.61 Å². The van der Waals surface area contributed by atoms with Crippen molar-refractivity contribution in [3.05, 3.63) is 28.0 Å². The Balaban J connectivity index is 1.95. The lowest BCUT2D eigenvalue weighted by Crippen LogP contribution is -2.29. The van der Waals surface area contributed by atoms with Gasteiger partial charge in [-0.1, -0.05) is 15.9 Å². The first-order chi connectivity index (χ1) is 7.74. The fourth-order valence-electron chi connectivity index (χ4n) is 2.13. The van der Waals surface area contributed by atoms with Crippen LogP contribution in [0.4, 0.5) is 4.39 Å². The van der Waals surface area contributed by atoms with Crippen LogP contribution in [0.15, 0.2) is 16.6 Å². The van der Waals surface area contributed by atoms with E-state index in [1.807, 2.05) is 6.07 Å². The van der Waals surface area contributed by atoms with Crippen LogP contribution >= 0.6 is 15.9 Å². The molecule has 1 atom stereocenters. The molecule has 1 aliphatic heterocycles. The van der Waals surface area contributed by atoms with Gasteiger partial charge in [0.1, 0.15) is 0 Å². The Morgan fingerprint density at radius 3 is 2.88 bits per heavy atom. The molecule has 1 N–H and O–H groups in total. The van der Waals surface area contributed by atoms with Crippen LogP contribution in [0, 0.1) is 5.82 Å². The molecule has 0 amide bonds. The lowest BCUT2D eigenvalue weighted by molar-refractivity contribution is 0.240. The van der Waals surface area contributed by atoms with Gasteiger partial charge < -0.3 is 10.1 Å². The van der Waals surface area contributed by atoms with Gasteiger partial charge in [-0.15, -0.1) is 0 Å². The zero-order valence-electron chi connectivity index (χ0n) is 8.80. The maximum Gasteiger partial charge on any atom is 0.166 e. The Morgan fingerprint density at radius 1 is 1.31 bits per heavy atom. The van der Waals surface area contributed by atoms with Crippen LogP contribution < -0.4 is 10.1 Å². The van der Waals surface area contributed by atoms with Crippen molar-refractivity contribution in [3.8, 4) is 5.75 Å². The standard InChI is InChI=1S/C12H13BrFNO/c13-7-5-9-11(15-8-1-2-8)3-4-16-12(9)10(14)6-7/h5-6,8,11,15H,1-4H2. The molecule has 1 unspecified atom stereocenters. The van der Waals surface area contributed by atoms with Crippen molar-refractivity contribution < 1.29 is 9.13 Å². The van der Waals surface area contributed by atoms with Crippen LogP contribution in [0.5, 0.6) is 5.75 Å². The van der Waals surface area contributed by atoms with Gasteiger partial charge in [0, 0.05) is 28.5 Å². The maximum absolute atomic E-state index is 13.7. The summed E-state index contributed by atoms with van der Waals surface area (Å²) < 4.78 is 19.9. The third-order valence-electron chi connectivity index (χ3n) is 3.08. The van der Waals surface area contributed by atoms with E-state index in [9.17, 15) is 4.39 Å². The number of benzene rings is 1. The van der Waals surface area contributed by atoms with Crippen LogP contribution in [0.2, 0.25) is 0 Å². The highest BCUT2D eigenvalue weighted by Gasteiger charge is 2.30. The second kappa shape index (κ2) is 4.00. The minimum atomic E-state index is -0.272. The second-order valence-electron chi connectivity index (χ2n) is 4.44. The van der Waals surface area contributed by atoms with Crippen LogP contribution in [0.1, 0.15) is 30.9 Å². The van der Waals surface area contributed by atoms with Gasteiger partial charge >= 0.3 is 0 Å². The van der Waals surface area contributed by atoms with Crippen molar-refractivity contribution in [2.45, 2.75) is 31.3 Å². The topological polar surface area (TPSA) is 21.3 Å². The van der Waals surface area contributed by atoms with Gasteiger partial charge in [0.15, 0.2) is 11.6 Å². The normalized spacial score (nSPS) is 23.8. The molecule has 1 fully saturated rings. The highest BCUT2D eigenvalue weighted by atomic mass is 79.9. The number of rotatable bonds is 2. The summed E-state index contributed by atoms with van der Waals surface area (Å²) in [6.45, 7) is 0.593. The first-order valence-electron chi connectivity index (χ1n) is 5.62. The Morgan fingerprint density at radius 2 is 2.12 bits per heavy atom. The molecular formula is C12H13BrFNO. The number of nitrogens with one attached hydrogen (secondary N) is 1. The number of ether oxygens (including phenoxy) is 1. The van der Waals surface area contributed by atoms with E-state index in [0.717, 1.165) is 16.5 Å². The molecule has 0 spiro atoms. The molecule has 1 saturated carbocycles. The summed E-state index contributed by atoms with van der Waals surface area (Å²) >= 11 is 3.33. The Hall–Kier alpha value is -0.610. The smallest absolute Gasteiger partial charge is 0.166 e. The molecule has 86 valence electrons. The maximum atomic E-state index is 13.7. The molecule has 3 rings (SSSR count). The summed E-state index contributed by atoms with van der Waals surface area (Å²) in [5, 5.41) is 3.54. The van der Waals surface area contributed by atoms with Crippen LogP contribution in [-0.2, 0) is 0 Å². The highest BCUT2D eigenvalue weighted by Crippen LogP contribution is 2.38. The average Bonchev–Trinajstić information content (AvgIpc) is 3.03. The van der Waals surface area contributed by atoms with E-state index >= 15 is 0 Å². The first kappa shape index (κ1) is 10.5. The Kier molecular flexibility index (Phi) is 2.64. The molecule has 1 aliphatic carbocycles. The van der Waals surface area contributed by atoms with E-state index in [1.54, 1.807) is 0 Å². The van der Waals surface area contributed by atoms with Crippen molar-refractivity contribution in [1.82, 2.24) is 5.32 Å². The summed E-state index contributed by atoms with van der Waals surface area (Å²) in [4.78, 5) is 0. The van der Waals surface area contributed by atoms with Crippen molar-refractivity contribution in [1.29, 1.82) is 0 Å². The van der Waals surface area contributed by atoms with E-state index in [4.69, 9.17) is 4.74 Å². The highest BCUT2D eigenvalue weighted by molar-refractivity contribution is 9.10. The Bertz CT molecular complexity index is 420. The number of halogens is 2. The summed E-state index contributed by atoms with van der Waals surface area (Å²) in [5.74, 6) is 0.152. The van der Waals surface area contributed by atoms with Gasteiger partial charge in [-0.25, -0.2) is 4.39 Å². The monoisotopic (exact) mass is 285 g/mol. The van der Waals surface area contributed by atoms with Crippen molar-refractivity contribution in [2.75, 3.05) is 6.61 Å². The van der Waals surface area contributed by atoms with E-state index in [2.05, 4.69) is 21.2 Å². The molecule has 1 aromatic carbocycles. The number of fused-ring (bicyclic) bond motifs is 1. The second-order valence-corrected chi connectivity index (χ2v) is 5.35. The van der Waals surface area contributed by atoms with Crippen LogP contribution in [0.25, 0.3) is 0 Å². The quantitative estimate of drug-likeness (QED) is 0.901. The Labute approximate surface area is 102 Å². The summed E-state index contributed by atoms with van der Waals surface area (Å²) in [7, 11) is 0. The summed E-state index contributed by atoms with van der Waals surface area (Å²) in [6, 6.07) is 4.27. The first-order valence-corrected chi connectivity index (χ1v) is 6.41. The molecule has 0 radical (unpaired) electrons. The van der Waals surface area contributed by atoms with Gasteiger partial charge in [0.2, 0.25) is 0 Å². The largest absolute Gasteiger partial charge is 0.490 e. The third kappa shape index (κ3) is 1.96. The molecule has 2 nitrogen and oxygen atoms in total. The molecule has 0 saturated heterocycles. The zero-order valence-corrected chi connectivity index (χ0v) is 10.4. The van der Waals surface area contributed by atoms with Gasteiger partial charge in [-0.2, -0.15) is 0 Å². The molecular weight excluding hydrogens is 273 g/mol. The van der Waals surface area contributed by atoms with E-state index in [1.165, 1.54) is 18.9 Å². The van der Waals surface area contributed by atoms with Crippen molar-refractivity contribution >= 4 is 15.9 Å². The predicted octanol–water partition coefficient (Wildman–Crippen LogP) is 3.16. The van der Waals surface area contributed by atoms with Crippen molar-refractivity contribution in [3.63, 3.8) is 0 Å². The SMILES string of the molecule is Fc1cc(Br)cc2c1OCCC2NC1CC1. The minimum Gasteiger partial charge on any atom is -0.490 e. The molecule has 0 aromatic heterocycles. The van der Waals surface area contributed by atoms with E-state index < -0.39 is 0 Å². The van der Waals surface area contributed by atoms with Crippen LogP contribution in [-0.4, -0.2) is 12.6 Å². The van der Waals surface area contributed by atoms with Crippen LogP contribution in [0.3, 0.4) is 0 Å². The minimum absolute atomic E-state index is 0.239. The average molecular weight is 286 g/mol. The van der Waals surface area contributed by atoms with Gasteiger partial charge in [-0.3, -0.25) is 0 Å². The third-order valence-corrected chi connectivity index (χ3v) is 3.54. The predicted molar refractivity (Wildman–Crippen MR) is 63.1 cm³/mol. The molecule has 4 heteroatoms. The number of hydrogen-bond acceptors (Lipinski definition) is 2. The summed E-state index contributed by atoms with van der Waals surface area (Å²) in [5.41, 5.74) is 0.949. The number of hydrogen-bond donors (Lipinski definition) is 1. The molecule has 0 bridgehead atoms. The molecule has 16 heavy (non-hydrogen) atoms. The van der Waals surface area contributed by atoms with Crippen molar-refractivity contribution in [2.24, 2.45) is 0 Å². The zero-order chi connectivity index (χ0) is 11.1. The molecule has 2 aliphatic rings. The van der Waals surface area contributed by atoms with Gasteiger partial charge in [0.25, 0.3) is 0 Å². The van der Waals surface area contributed by atoms with E-state index in [0.29, 0.717) is 18.4 Å². The fraction of sp³-hybridized carbons (Fsp3) is 0.500. The van der Waals surface area contributed by atoms with E-state index in [-0.39, 0.29) is 11.9 Å². The lowest BCUT2D eigenvalue weighted by Gasteiger charge is -2.27. The fourth-order valence-corrected chi connectivity index (χ4v) is 2.58. The molecule has 1 aromatic rings. The molecule has 1 heterocycles. The summed E-state index contributed by atoms with van der Waals surface area (Å²) in [6.07, 6.45) is 3.39.